The molecule has 0 spiro atoms. The van der Waals surface area contributed by atoms with Gasteiger partial charge in [-0.3, -0.25) is 0 Å². The molecule has 1 aromatic rings. The molecular formula is C10H13Y-. The van der Waals surface area contributed by atoms with Crippen LogP contribution in [0.25, 0.3) is 0 Å². The van der Waals surface area contributed by atoms with Crippen LogP contribution in [-0.4, -0.2) is 0 Å². The molecule has 0 saturated carbocycles. The van der Waals surface area contributed by atoms with Crippen molar-refractivity contribution in [3.8, 4) is 0 Å². The summed E-state index contributed by atoms with van der Waals surface area (Å²) in [7, 11) is 0. The van der Waals surface area contributed by atoms with Crippen molar-refractivity contribution in [2.75, 3.05) is 0 Å². The van der Waals surface area contributed by atoms with Crippen LogP contribution in [0.3, 0.4) is 0 Å². The van der Waals surface area contributed by atoms with E-state index in [1.54, 1.807) is 0 Å². The van der Waals surface area contributed by atoms with Crippen molar-refractivity contribution in [1.29, 1.82) is 0 Å². The van der Waals surface area contributed by atoms with E-state index in [4.69, 9.17) is 0 Å². The molecule has 0 fully saturated rings. The molecule has 57 valence electrons. The van der Waals surface area contributed by atoms with Gasteiger partial charge < -0.3 is 0 Å². The van der Waals surface area contributed by atoms with E-state index in [9.17, 15) is 0 Å². The Morgan fingerprint density at radius 2 is 1.82 bits per heavy atom. The summed E-state index contributed by atoms with van der Waals surface area (Å²) in [6, 6.07) is 11.2. The van der Waals surface area contributed by atoms with Crippen LogP contribution in [0.1, 0.15) is 19.4 Å². The first kappa shape index (κ1) is 11.3. The maximum Gasteiger partial charge on any atom is 0 e. The topological polar surface area (TPSA) is 0 Å². The van der Waals surface area contributed by atoms with Crippen molar-refractivity contribution in [3.63, 3.8) is 0 Å². The molecule has 0 amide bonds. The van der Waals surface area contributed by atoms with E-state index >= 15 is 0 Å². The molecule has 0 aliphatic rings. The van der Waals surface area contributed by atoms with Crippen LogP contribution < -0.4 is 0 Å². The molecule has 0 aromatic heterocycles. The standard InChI is InChI=1S/C10H13.Y/c1-9(2)8-10-6-4-3-5-7-10;/h4-7,9H,8H2,1-2H3;/q-1;. The van der Waals surface area contributed by atoms with Crippen LogP contribution in [0, 0.1) is 12.0 Å². The Bertz CT molecular complexity index is 179. The molecule has 0 aliphatic heterocycles. The zero-order valence-corrected chi connectivity index (χ0v) is 10.0. The van der Waals surface area contributed by atoms with Crippen molar-refractivity contribution in [2.45, 2.75) is 20.3 Å². The minimum atomic E-state index is 0. The summed E-state index contributed by atoms with van der Waals surface area (Å²) >= 11 is 0. The Morgan fingerprint density at radius 1 is 1.27 bits per heavy atom. The predicted molar refractivity (Wildman–Crippen MR) is 43.8 cm³/mol. The maximum absolute atomic E-state index is 3.01. The molecule has 0 bridgehead atoms. The van der Waals surface area contributed by atoms with Gasteiger partial charge in [0.25, 0.3) is 0 Å². The SMILES string of the molecule is CC(C)Cc1cc[c-]cc1.[Y]. The third kappa shape index (κ3) is 4.71. The Kier molecular flexibility index (Phi) is 6.08. The number of hydrogen-bond acceptors (Lipinski definition) is 0. The molecule has 0 nitrogen and oxygen atoms in total. The smallest absolute Gasteiger partial charge is 0 e. The molecule has 1 aromatic carbocycles. The minimum Gasteiger partial charge on any atom is -0.184 e. The van der Waals surface area contributed by atoms with E-state index < -0.39 is 0 Å². The molecular weight excluding hydrogens is 209 g/mol. The Hall–Kier alpha value is 0.324. The normalized spacial score (nSPS) is 9.36. The number of rotatable bonds is 2. The van der Waals surface area contributed by atoms with E-state index in [1.807, 2.05) is 12.1 Å². The quantitative estimate of drug-likeness (QED) is 0.675. The summed E-state index contributed by atoms with van der Waals surface area (Å²) < 4.78 is 0. The third-order valence-corrected chi connectivity index (χ3v) is 1.43. The Labute approximate surface area is 94.3 Å². The molecule has 1 rings (SSSR count). The second-order valence-electron chi connectivity index (χ2n) is 3.01. The maximum atomic E-state index is 3.01. The summed E-state index contributed by atoms with van der Waals surface area (Å²) in [5, 5.41) is 0. The van der Waals surface area contributed by atoms with Gasteiger partial charge in [0.05, 0.1) is 0 Å². The average molecular weight is 222 g/mol. The van der Waals surface area contributed by atoms with E-state index in [2.05, 4.69) is 32.0 Å². The molecule has 0 atom stereocenters. The largest absolute Gasteiger partial charge is 0.184 e. The predicted octanol–water partition coefficient (Wildman–Crippen LogP) is 2.68. The molecule has 0 saturated heterocycles. The van der Waals surface area contributed by atoms with Gasteiger partial charge in [0, 0.05) is 32.7 Å². The zero-order chi connectivity index (χ0) is 7.40. The van der Waals surface area contributed by atoms with Crippen LogP contribution in [0.4, 0.5) is 0 Å². The number of hydrogen-bond donors (Lipinski definition) is 0. The summed E-state index contributed by atoms with van der Waals surface area (Å²) in [5.41, 5.74) is 1.41. The second-order valence-corrected chi connectivity index (χ2v) is 3.01. The summed E-state index contributed by atoms with van der Waals surface area (Å²) in [5.74, 6) is 0.752. The van der Waals surface area contributed by atoms with E-state index in [-0.39, 0.29) is 32.7 Å². The molecule has 1 radical (unpaired) electrons. The van der Waals surface area contributed by atoms with Crippen LogP contribution in [0.2, 0.25) is 0 Å². The van der Waals surface area contributed by atoms with E-state index in [0.717, 1.165) is 5.92 Å². The summed E-state index contributed by atoms with van der Waals surface area (Å²) in [4.78, 5) is 0. The minimum absolute atomic E-state index is 0. The second kappa shape index (κ2) is 5.91. The summed E-state index contributed by atoms with van der Waals surface area (Å²) in [6.45, 7) is 4.47. The van der Waals surface area contributed by atoms with Gasteiger partial charge in [0.1, 0.15) is 0 Å². The number of benzene rings is 1. The molecule has 0 heterocycles. The van der Waals surface area contributed by atoms with Crippen LogP contribution in [0.15, 0.2) is 24.3 Å². The van der Waals surface area contributed by atoms with Crippen molar-refractivity contribution >= 4 is 0 Å². The van der Waals surface area contributed by atoms with Gasteiger partial charge in [0.2, 0.25) is 0 Å². The van der Waals surface area contributed by atoms with Crippen LogP contribution >= 0.6 is 0 Å². The van der Waals surface area contributed by atoms with Crippen LogP contribution in [-0.2, 0) is 39.1 Å². The van der Waals surface area contributed by atoms with Crippen molar-refractivity contribution in [2.24, 2.45) is 5.92 Å². The monoisotopic (exact) mass is 222 g/mol. The van der Waals surface area contributed by atoms with Gasteiger partial charge in [-0.05, 0) is 12.3 Å². The van der Waals surface area contributed by atoms with Gasteiger partial charge in [-0.15, -0.1) is 0 Å². The van der Waals surface area contributed by atoms with E-state index in [1.165, 1.54) is 12.0 Å². The van der Waals surface area contributed by atoms with E-state index in [0.29, 0.717) is 0 Å². The van der Waals surface area contributed by atoms with Crippen LogP contribution in [0.5, 0.6) is 0 Å². The Morgan fingerprint density at radius 3 is 2.27 bits per heavy atom. The first-order valence-corrected chi connectivity index (χ1v) is 3.74. The summed E-state index contributed by atoms with van der Waals surface area (Å²) in [6.07, 6.45) is 1.18. The molecule has 11 heavy (non-hydrogen) atoms. The molecule has 0 N–H and O–H groups in total. The Balaban J connectivity index is 0.000001000. The molecule has 0 aliphatic carbocycles. The molecule has 0 unspecified atom stereocenters. The third-order valence-electron chi connectivity index (χ3n) is 1.43. The first-order valence-electron chi connectivity index (χ1n) is 3.74. The van der Waals surface area contributed by atoms with Gasteiger partial charge in [-0.25, -0.2) is 0 Å². The van der Waals surface area contributed by atoms with Gasteiger partial charge in [-0.1, -0.05) is 13.8 Å². The molecule has 1 heteroatoms. The fourth-order valence-electron chi connectivity index (χ4n) is 1.03. The fraction of sp³-hybridized carbons (Fsp3) is 0.400. The van der Waals surface area contributed by atoms with Crippen molar-refractivity contribution in [3.05, 3.63) is 35.9 Å². The van der Waals surface area contributed by atoms with Gasteiger partial charge >= 0.3 is 0 Å². The average Bonchev–Trinajstić information content (AvgIpc) is 1.88. The van der Waals surface area contributed by atoms with Crippen molar-refractivity contribution < 1.29 is 32.7 Å². The van der Waals surface area contributed by atoms with Gasteiger partial charge in [-0.2, -0.15) is 35.9 Å². The fourth-order valence-corrected chi connectivity index (χ4v) is 1.03. The van der Waals surface area contributed by atoms with Gasteiger partial charge in [0.15, 0.2) is 0 Å². The zero-order valence-electron chi connectivity index (χ0n) is 7.17. The first-order chi connectivity index (χ1) is 4.79. The van der Waals surface area contributed by atoms with Crippen molar-refractivity contribution in [1.82, 2.24) is 0 Å².